The van der Waals surface area contributed by atoms with Crippen LogP contribution in [0.25, 0.3) is 0 Å². The number of carbonyl (C=O) groups is 2. The summed E-state index contributed by atoms with van der Waals surface area (Å²) in [4.78, 5) is 25.5. The summed E-state index contributed by atoms with van der Waals surface area (Å²) >= 11 is 0. The van der Waals surface area contributed by atoms with Gasteiger partial charge in [-0.05, 0) is 89.9 Å². The van der Waals surface area contributed by atoms with Gasteiger partial charge < -0.3 is 14.2 Å². The molecule has 0 amide bonds. The van der Waals surface area contributed by atoms with E-state index < -0.39 is 6.10 Å². The van der Waals surface area contributed by atoms with Gasteiger partial charge in [0.2, 0.25) is 0 Å². The summed E-state index contributed by atoms with van der Waals surface area (Å²) in [7, 11) is 0. The molecule has 0 aliphatic carbocycles. The van der Waals surface area contributed by atoms with Gasteiger partial charge in [0.1, 0.15) is 6.61 Å². The van der Waals surface area contributed by atoms with Crippen molar-refractivity contribution in [3.8, 4) is 0 Å². The maximum Gasteiger partial charge on any atom is 0.306 e. The molecule has 5 heteroatoms. The van der Waals surface area contributed by atoms with Crippen LogP contribution in [0.1, 0.15) is 278 Å². The van der Waals surface area contributed by atoms with Crippen LogP contribution in [-0.2, 0) is 23.8 Å². The standard InChI is InChI=1S/C61H108O5/c1-4-7-10-13-16-19-22-25-27-29-31-32-34-37-39-42-45-48-51-54-60(62)65-58-59(66-61(63)55-52-49-46-43-40-36-24-21-18-15-12-9-6-3)57-64-56-53-50-47-44-41-38-35-33-30-28-26-23-20-17-14-11-8-5-2/h7,10,16,19,21,24-25,27,31-32,37,39,59H,4-6,8-9,11-15,17-18,20,22-23,26,28-30,33-36,38,40-58H2,1-3H3/b10-7-,19-16-,24-21-,27-25-,32-31-,39-37-. The Balaban J connectivity index is 4.30. The normalized spacial score (nSPS) is 12.7. The number of hydrogen-bond donors (Lipinski definition) is 0. The number of unbranched alkanes of at least 4 members (excludes halogenated alkanes) is 29. The molecule has 0 heterocycles. The second-order valence-electron chi connectivity index (χ2n) is 18.8. The first-order valence-electron chi connectivity index (χ1n) is 28.5. The van der Waals surface area contributed by atoms with Crippen molar-refractivity contribution in [2.24, 2.45) is 0 Å². The van der Waals surface area contributed by atoms with Crippen molar-refractivity contribution in [1.82, 2.24) is 0 Å². The summed E-state index contributed by atoms with van der Waals surface area (Å²) < 4.78 is 17.4. The quantitative estimate of drug-likeness (QED) is 0.0346. The smallest absolute Gasteiger partial charge is 0.306 e. The van der Waals surface area contributed by atoms with Gasteiger partial charge in [0.25, 0.3) is 0 Å². The van der Waals surface area contributed by atoms with Crippen molar-refractivity contribution >= 4 is 11.9 Å². The molecule has 0 rings (SSSR count). The van der Waals surface area contributed by atoms with Crippen molar-refractivity contribution in [1.29, 1.82) is 0 Å². The van der Waals surface area contributed by atoms with Crippen LogP contribution in [0.2, 0.25) is 0 Å². The van der Waals surface area contributed by atoms with Gasteiger partial charge in [-0.15, -0.1) is 0 Å². The lowest BCUT2D eigenvalue weighted by atomic mass is 10.0. The van der Waals surface area contributed by atoms with Crippen LogP contribution in [0.15, 0.2) is 72.9 Å². The fourth-order valence-electron chi connectivity index (χ4n) is 8.00. The zero-order valence-corrected chi connectivity index (χ0v) is 44.0. The summed E-state index contributed by atoms with van der Waals surface area (Å²) in [6, 6.07) is 0. The third-order valence-electron chi connectivity index (χ3n) is 12.2. The average molecular weight is 922 g/mol. The highest BCUT2D eigenvalue weighted by Crippen LogP contribution is 2.16. The Morgan fingerprint density at radius 1 is 0.348 bits per heavy atom. The molecule has 5 nitrogen and oxygen atoms in total. The molecule has 0 saturated heterocycles. The van der Waals surface area contributed by atoms with Crippen LogP contribution in [0.5, 0.6) is 0 Å². The van der Waals surface area contributed by atoms with E-state index in [-0.39, 0.29) is 25.2 Å². The molecule has 0 aromatic rings. The van der Waals surface area contributed by atoms with Crippen LogP contribution < -0.4 is 0 Å². The van der Waals surface area contributed by atoms with Gasteiger partial charge in [-0.25, -0.2) is 0 Å². The molecular weight excluding hydrogens is 813 g/mol. The lowest BCUT2D eigenvalue weighted by Crippen LogP contribution is -2.30. The summed E-state index contributed by atoms with van der Waals surface area (Å²) in [5.74, 6) is -0.436. The first-order chi connectivity index (χ1) is 32.6. The van der Waals surface area contributed by atoms with Crippen LogP contribution in [-0.4, -0.2) is 37.9 Å². The lowest BCUT2D eigenvalue weighted by Gasteiger charge is -2.18. The number of rotatable bonds is 52. The molecule has 0 aliphatic heterocycles. The minimum atomic E-state index is -0.555. The van der Waals surface area contributed by atoms with Crippen LogP contribution in [0, 0.1) is 0 Å². The highest BCUT2D eigenvalue weighted by Gasteiger charge is 2.17. The van der Waals surface area contributed by atoms with Gasteiger partial charge >= 0.3 is 11.9 Å². The predicted octanol–water partition coefficient (Wildman–Crippen LogP) is 19.5. The highest BCUT2D eigenvalue weighted by atomic mass is 16.6. The Bertz CT molecular complexity index is 1180. The molecule has 0 fully saturated rings. The fraction of sp³-hybridized carbons (Fsp3) is 0.770. The minimum Gasteiger partial charge on any atom is -0.462 e. The molecule has 0 aromatic carbocycles. The van der Waals surface area contributed by atoms with Gasteiger partial charge in [-0.2, -0.15) is 0 Å². The first kappa shape index (κ1) is 63.3. The number of hydrogen-bond acceptors (Lipinski definition) is 5. The summed E-state index contributed by atoms with van der Waals surface area (Å²) in [6.07, 6.45) is 73.5. The molecule has 0 radical (unpaired) electrons. The van der Waals surface area contributed by atoms with Crippen molar-refractivity contribution < 1.29 is 23.8 Å². The fourth-order valence-corrected chi connectivity index (χ4v) is 8.00. The van der Waals surface area contributed by atoms with E-state index in [4.69, 9.17) is 14.2 Å². The molecule has 1 unspecified atom stereocenters. The molecular formula is C61H108O5. The number of ether oxygens (including phenoxy) is 3. The molecule has 66 heavy (non-hydrogen) atoms. The maximum absolute atomic E-state index is 12.8. The van der Waals surface area contributed by atoms with E-state index in [1.165, 1.54) is 148 Å². The molecule has 0 saturated carbocycles. The van der Waals surface area contributed by atoms with E-state index in [0.717, 1.165) is 96.3 Å². The molecule has 0 spiro atoms. The van der Waals surface area contributed by atoms with E-state index in [1.54, 1.807) is 0 Å². The summed E-state index contributed by atoms with van der Waals surface area (Å²) in [5, 5.41) is 0. The SMILES string of the molecule is CC/C=C\C/C=C\C/C=C\C/C=C\C/C=C\CCCCCC(=O)OCC(COCCCCCCCCCCCCCCCCCCCC)OC(=O)CCCCCCC/C=C\CCCCCC. The second-order valence-corrected chi connectivity index (χ2v) is 18.8. The van der Waals surface area contributed by atoms with Crippen molar-refractivity contribution in [3.63, 3.8) is 0 Å². The number of carbonyl (C=O) groups excluding carboxylic acids is 2. The van der Waals surface area contributed by atoms with Crippen LogP contribution in [0.3, 0.4) is 0 Å². The molecule has 0 N–H and O–H groups in total. The minimum absolute atomic E-state index is 0.0653. The Kier molecular flexibility index (Phi) is 54.4. The van der Waals surface area contributed by atoms with E-state index >= 15 is 0 Å². The second kappa shape index (κ2) is 56.7. The van der Waals surface area contributed by atoms with Gasteiger partial charge in [-0.3, -0.25) is 9.59 Å². The predicted molar refractivity (Wildman–Crippen MR) is 288 cm³/mol. The van der Waals surface area contributed by atoms with Gasteiger partial charge in [0.05, 0.1) is 6.61 Å². The Morgan fingerprint density at radius 3 is 1.14 bits per heavy atom. The van der Waals surface area contributed by atoms with E-state index in [0.29, 0.717) is 19.4 Å². The van der Waals surface area contributed by atoms with Crippen molar-refractivity contribution in [2.75, 3.05) is 19.8 Å². The zero-order valence-electron chi connectivity index (χ0n) is 44.0. The molecule has 0 aromatic heterocycles. The number of esters is 2. The lowest BCUT2D eigenvalue weighted by molar-refractivity contribution is -0.163. The molecule has 382 valence electrons. The largest absolute Gasteiger partial charge is 0.462 e. The Morgan fingerprint density at radius 2 is 0.682 bits per heavy atom. The highest BCUT2D eigenvalue weighted by molar-refractivity contribution is 5.70. The monoisotopic (exact) mass is 921 g/mol. The van der Waals surface area contributed by atoms with E-state index in [1.807, 2.05) is 0 Å². The van der Waals surface area contributed by atoms with Crippen LogP contribution >= 0.6 is 0 Å². The maximum atomic E-state index is 12.8. The van der Waals surface area contributed by atoms with Crippen molar-refractivity contribution in [3.05, 3.63) is 72.9 Å². The van der Waals surface area contributed by atoms with E-state index in [9.17, 15) is 9.59 Å². The van der Waals surface area contributed by atoms with E-state index in [2.05, 4.69) is 93.7 Å². The molecule has 0 aliphatic rings. The van der Waals surface area contributed by atoms with Gasteiger partial charge in [-0.1, -0.05) is 248 Å². The van der Waals surface area contributed by atoms with Gasteiger partial charge in [0, 0.05) is 19.4 Å². The van der Waals surface area contributed by atoms with Gasteiger partial charge in [0.15, 0.2) is 6.10 Å². The Labute approximate surface area is 410 Å². The summed E-state index contributed by atoms with van der Waals surface area (Å²) in [6.45, 7) is 7.69. The third kappa shape index (κ3) is 54.0. The Hall–Kier alpha value is -2.66. The van der Waals surface area contributed by atoms with Crippen LogP contribution in [0.4, 0.5) is 0 Å². The number of allylic oxidation sites excluding steroid dienone is 12. The first-order valence-corrected chi connectivity index (χ1v) is 28.5. The molecule has 0 bridgehead atoms. The topological polar surface area (TPSA) is 61.8 Å². The summed E-state index contributed by atoms with van der Waals surface area (Å²) in [5.41, 5.74) is 0. The van der Waals surface area contributed by atoms with Crippen molar-refractivity contribution in [2.45, 2.75) is 284 Å². The third-order valence-corrected chi connectivity index (χ3v) is 12.2. The zero-order chi connectivity index (χ0) is 47.7. The average Bonchev–Trinajstić information content (AvgIpc) is 3.32. The molecule has 1 atom stereocenters.